The molecule has 0 saturated carbocycles. The van der Waals surface area contributed by atoms with Crippen LogP contribution in [-0.4, -0.2) is 63.3 Å². The molecule has 2 aliphatic rings. The second-order valence-corrected chi connectivity index (χ2v) is 9.38. The van der Waals surface area contributed by atoms with Crippen LogP contribution in [0.25, 0.3) is 0 Å². The normalized spacial score (nSPS) is 17.4. The van der Waals surface area contributed by atoms with E-state index in [-0.39, 0.29) is 18.5 Å². The molecule has 7 nitrogen and oxygen atoms in total. The Kier molecular flexibility index (Phi) is 8.29. The molecule has 2 aliphatic heterocycles. The molecule has 7 heteroatoms. The number of likely N-dealkylation sites (N-methyl/N-ethyl adjacent to an activating group) is 1. The smallest absolute Gasteiger partial charge is 0.238 e. The quantitative estimate of drug-likeness (QED) is 0.615. The molecule has 1 unspecified atom stereocenters. The molecule has 0 spiro atoms. The molecule has 0 radical (unpaired) electrons. The Morgan fingerprint density at radius 2 is 1.68 bits per heavy atom. The predicted octanol–water partition coefficient (Wildman–Crippen LogP) is 3.92. The van der Waals surface area contributed by atoms with Crippen LogP contribution in [0.15, 0.2) is 42.5 Å². The second-order valence-electron chi connectivity index (χ2n) is 9.38. The van der Waals surface area contributed by atoms with Crippen molar-refractivity contribution in [1.29, 1.82) is 0 Å². The van der Waals surface area contributed by atoms with Crippen LogP contribution in [0, 0.1) is 5.92 Å². The van der Waals surface area contributed by atoms with Crippen LogP contribution in [0.4, 0.5) is 11.4 Å². The van der Waals surface area contributed by atoms with E-state index in [4.69, 9.17) is 9.47 Å². The Hall–Kier alpha value is -2.77. The molecule has 2 heterocycles. The van der Waals surface area contributed by atoms with E-state index in [1.165, 1.54) is 5.69 Å². The molecule has 0 aliphatic carbocycles. The van der Waals surface area contributed by atoms with Crippen LogP contribution in [0.3, 0.4) is 0 Å². The van der Waals surface area contributed by atoms with Gasteiger partial charge in [-0.1, -0.05) is 26.8 Å². The number of benzene rings is 2. The Bertz CT molecular complexity index is 939. The third-order valence-corrected chi connectivity index (χ3v) is 6.62. The topological polar surface area (TPSA) is 66.1 Å². The monoisotopic (exact) mass is 466 g/mol. The van der Waals surface area contributed by atoms with Crippen molar-refractivity contribution in [3.8, 4) is 11.5 Å². The lowest BCUT2D eigenvalue weighted by Crippen LogP contribution is -2.46. The first kappa shape index (κ1) is 24.4. The number of carbonyl (C=O) groups excluding carboxylic acids is 1. The number of carbonyl (C=O) groups is 1. The lowest BCUT2D eigenvalue weighted by molar-refractivity contribution is -0.115. The van der Waals surface area contributed by atoms with Crippen molar-refractivity contribution in [3.05, 3.63) is 48.0 Å². The van der Waals surface area contributed by atoms with Gasteiger partial charge >= 0.3 is 0 Å². The molecule has 0 bridgehead atoms. The van der Waals surface area contributed by atoms with Gasteiger partial charge in [-0.3, -0.25) is 4.79 Å². The third-order valence-electron chi connectivity index (χ3n) is 6.62. The summed E-state index contributed by atoms with van der Waals surface area (Å²) in [7, 11) is 0. The molecular formula is C27H38N4O3. The summed E-state index contributed by atoms with van der Waals surface area (Å²) in [6.45, 7) is 13.5. The van der Waals surface area contributed by atoms with Crippen LogP contribution in [0.5, 0.6) is 11.5 Å². The van der Waals surface area contributed by atoms with Crippen molar-refractivity contribution in [1.82, 2.24) is 10.2 Å². The molecular weight excluding hydrogens is 428 g/mol. The molecule has 34 heavy (non-hydrogen) atoms. The first-order valence-corrected chi connectivity index (χ1v) is 12.5. The highest BCUT2D eigenvalue weighted by molar-refractivity contribution is 5.92. The minimum absolute atomic E-state index is 0.0343. The highest BCUT2D eigenvalue weighted by atomic mass is 16.5. The molecule has 1 amide bonds. The SMILES string of the molecule is CCN1CCN(c2ccc(NC(=O)CNC(c3ccc4c(c3)OCCCO4)C(C)C)cc2)CC1. The number of rotatable bonds is 8. The maximum atomic E-state index is 12.7. The lowest BCUT2D eigenvalue weighted by Gasteiger charge is -2.35. The van der Waals surface area contributed by atoms with Gasteiger partial charge in [-0.2, -0.15) is 0 Å². The number of hydrogen-bond donors (Lipinski definition) is 2. The van der Waals surface area contributed by atoms with Gasteiger partial charge in [0.25, 0.3) is 0 Å². The van der Waals surface area contributed by atoms with Gasteiger partial charge in [0.05, 0.1) is 19.8 Å². The van der Waals surface area contributed by atoms with Crippen LogP contribution >= 0.6 is 0 Å². The van der Waals surface area contributed by atoms with Gasteiger partial charge in [0, 0.05) is 50.0 Å². The zero-order chi connectivity index (χ0) is 23.9. The zero-order valence-corrected chi connectivity index (χ0v) is 20.7. The first-order valence-electron chi connectivity index (χ1n) is 12.5. The average molecular weight is 467 g/mol. The van der Waals surface area contributed by atoms with Crippen molar-refractivity contribution in [2.75, 3.05) is 62.7 Å². The fourth-order valence-corrected chi connectivity index (χ4v) is 4.60. The van der Waals surface area contributed by atoms with Crippen molar-refractivity contribution in [2.24, 2.45) is 5.92 Å². The van der Waals surface area contributed by atoms with Crippen LogP contribution in [0.2, 0.25) is 0 Å². The lowest BCUT2D eigenvalue weighted by atomic mass is 9.95. The van der Waals surface area contributed by atoms with Gasteiger partial charge in [-0.05, 0) is 54.4 Å². The summed E-state index contributed by atoms with van der Waals surface area (Å²) >= 11 is 0. The van der Waals surface area contributed by atoms with Crippen LogP contribution in [0.1, 0.15) is 38.8 Å². The van der Waals surface area contributed by atoms with E-state index in [1.54, 1.807) is 0 Å². The van der Waals surface area contributed by atoms with Crippen molar-refractivity contribution in [2.45, 2.75) is 33.2 Å². The average Bonchev–Trinajstić information content (AvgIpc) is 3.10. The van der Waals surface area contributed by atoms with Gasteiger partial charge in [0.2, 0.25) is 5.91 Å². The van der Waals surface area contributed by atoms with Gasteiger partial charge in [0.1, 0.15) is 0 Å². The van der Waals surface area contributed by atoms with Crippen LogP contribution < -0.4 is 25.0 Å². The number of piperazine rings is 1. The molecule has 184 valence electrons. The summed E-state index contributed by atoms with van der Waals surface area (Å²) in [6, 6.07) is 14.3. The minimum Gasteiger partial charge on any atom is -0.490 e. The largest absolute Gasteiger partial charge is 0.490 e. The van der Waals surface area contributed by atoms with E-state index in [2.05, 4.69) is 59.4 Å². The summed E-state index contributed by atoms with van der Waals surface area (Å²) in [6.07, 6.45) is 0.881. The fraction of sp³-hybridized carbons (Fsp3) is 0.519. The molecule has 1 fully saturated rings. The van der Waals surface area contributed by atoms with Gasteiger partial charge in [-0.25, -0.2) is 0 Å². The van der Waals surface area contributed by atoms with E-state index >= 15 is 0 Å². The summed E-state index contributed by atoms with van der Waals surface area (Å²) in [5, 5.41) is 6.45. The summed E-state index contributed by atoms with van der Waals surface area (Å²) in [5.41, 5.74) is 3.13. The summed E-state index contributed by atoms with van der Waals surface area (Å²) < 4.78 is 11.6. The van der Waals surface area contributed by atoms with Crippen molar-refractivity contribution in [3.63, 3.8) is 0 Å². The molecule has 4 rings (SSSR count). The van der Waals surface area contributed by atoms with Crippen molar-refractivity contribution < 1.29 is 14.3 Å². The Labute approximate surface area is 203 Å². The number of amides is 1. The molecule has 1 saturated heterocycles. The number of anilines is 2. The van der Waals surface area contributed by atoms with Crippen molar-refractivity contribution >= 4 is 17.3 Å². The number of hydrogen-bond acceptors (Lipinski definition) is 6. The molecule has 2 aromatic rings. The first-order chi connectivity index (χ1) is 16.5. The zero-order valence-electron chi connectivity index (χ0n) is 20.7. The van der Waals surface area contributed by atoms with E-state index in [0.717, 1.165) is 61.9 Å². The predicted molar refractivity (Wildman–Crippen MR) is 137 cm³/mol. The maximum Gasteiger partial charge on any atom is 0.238 e. The molecule has 0 aromatic heterocycles. The number of nitrogens with zero attached hydrogens (tertiary/aromatic N) is 2. The van der Waals surface area contributed by atoms with Gasteiger partial charge < -0.3 is 29.9 Å². The molecule has 2 aromatic carbocycles. The second kappa shape index (κ2) is 11.6. The van der Waals surface area contributed by atoms with Gasteiger partial charge in [0.15, 0.2) is 11.5 Å². The standard InChI is InChI=1S/C27H38N4O3/c1-4-30-12-14-31(15-13-30)23-9-7-22(8-10-23)29-26(32)19-28-27(20(2)3)21-6-11-24-25(18-21)34-17-5-16-33-24/h6-11,18,20,27-28H,4-5,12-17,19H2,1-3H3,(H,29,32). The maximum absolute atomic E-state index is 12.7. The highest BCUT2D eigenvalue weighted by Crippen LogP contribution is 2.34. The van der Waals surface area contributed by atoms with E-state index in [9.17, 15) is 4.79 Å². The summed E-state index contributed by atoms with van der Waals surface area (Å²) in [5.74, 6) is 1.83. The Balaban J connectivity index is 1.31. The summed E-state index contributed by atoms with van der Waals surface area (Å²) in [4.78, 5) is 17.5. The van der Waals surface area contributed by atoms with E-state index in [1.807, 2.05) is 24.3 Å². The Morgan fingerprint density at radius 1 is 0.971 bits per heavy atom. The van der Waals surface area contributed by atoms with E-state index in [0.29, 0.717) is 19.1 Å². The van der Waals surface area contributed by atoms with Crippen LogP contribution in [-0.2, 0) is 4.79 Å². The number of nitrogens with one attached hydrogen (secondary N) is 2. The molecule has 2 N–H and O–H groups in total. The fourth-order valence-electron chi connectivity index (χ4n) is 4.60. The highest BCUT2D eigenvalue weighted by Gasteiger charge is 2.20. The Morgan fingerprint density at radius 3 is 2.35 bits per heavy atom. The molecule has 1 atom stereocenters. The number of fused-ring (bicyclic) bond motifs is 1. The number of ether oxygens (including phenoxy) is 2. The third kappa shape index (κ3) is 6.21. The van der Waals surface area contributed by atoms with Gasteiger partial charge in [-0.15, -0.1) is 0 Å². The van der Waals surface area contributed by atoms with E-state index < -0.39 is 0 Å². The minimum atomic E-state index is -0.0516.